The number of nitrogens with zero attached hydrogens (tertiary/aromatic N) is 7. The number of carbonyl (C=O) groups is 1. The second kappa shape index (κ2) is 7.84. The highest BCUT2D eigenvalue weighted by Crippen LogP contribution is 2.25. The summed E-state index contributed by atoms with van der Waals surface area (Å²) in [7, 11) is 0. The summed E-state index contributed by atoms with van der Waals surface area (Å²) >= 11 is 1.39. The van der Waals surface area contributed by atoms with Gasteiger partial charge in [0, 0.05) is 43.3 Å². The smallest absolute Gasteiger partial charge is 0.254 e. The van der Waals surface area contributed by atoms with Crippen LogP contribution in [0.15, 0.2) is 40.6 Å². The molecule has 11 heteroatoms. The number of anilines is 2. The van der Waals surface area contributed by atoms with Gasteiger partial charge in [0.1, 0.15) is 17.8 Å². The van der Waals surface area contributed by atoms with Crippen LogP contribution in [0.5, 0.6) is 0 Å². The maximum atomic E-state index is 12.5. The average molecular weight is 424 g/mol. The highest BCUT2D eigenvalue weighted by Gasteiger charge is 2.22. The molecule has 0 saturated carbocycles. The molecule has 0 atom stereocenters. The highest BCUT2D eigenvalue weighted by molar-refractivity contribution is 7.14. The van der Waals surface area contributed by atoms with E-state index in [0.29, 0.717) is 23.2 Å². The molecule has 154 valence electrons. The first kappa shape index (κ1) is 18.7. The lowest BCUT2D eigenvalue weighted by molar-refractivity contribution is -0.117. The molecule has 0 bridgehead atoms. The lowest BCUT2D eigenvalue weighted by atomic mass is 10.3. The Hall–Kier alpha value is -3.31. The van der Waals surface area contributed by atoms with Crippen molar-refractivity contribution in [3.8, 4) is 11.5 Å². The Morgan fingerprint density at radius 1 is 1.27 bits per heavy atom. The van der Waals surface area contributed by atoms with E-state index in [2.05, 4.69) is 35.2 Å². The Labute approximate surface area is 176 Å². The molecule has 1 aliphatic rings. The van der Waals surface area contributed by atoms with Crippen molar-refractivity contribution in [1.29, 1.82) is 0 Å². The Morgan fingerprint density at radius 3 is 2.93 bits per heavy atom. The SMILES string of the molecule is Cc1cc(N2CCN(CC(=O)Nc3nc(-c4ccco4)cs3)CC2)n2ncnc2n1. The van der Waals surface area contributed by atoms with Crippen LogP contribution in [-0.4, -0.2) is 68.1 Å². The molecule has 5 heterocycles. The predicted molar refractivity (Wildman–Crippen MR) is 113 cm³/mol. The summed E-state index contributed by atoms with van der Waals surface area (Å²) in [4.78, 5) is 29.8. The van der Waals surface area contributed by atoms with Gasteiger partial charge in [-0.2, -0.15) is 14.6 Å². The number of aromatic nitrogens is 5. The van der Waals surface area contributed by atoms with Gasteiger partial charge in [-0.25, -0.2) is 9.97 Å². The van der Waals surface area contributed by atoms with E-state index in [1.165, 1.54) is 17.7 Å². The van der Waals surface area contributed by atoms with Crippen molar-refractivity contribution in [2.75, 3.05) is 42.9 Å². The van der Waals surface area contributed by atoms with E-state index in [4.69, 9.17) is 4.42 Å². The van der Waals surface area contributed by atoms with Crippen LogP contribution >= 0.6 is 11.3 Å². The fourth-order valence-corrected chi connectivity index (χ4v) is 4.22. The van der Waals surface area contributed by atoms with E-state index in [9.17, 15) is 4.79 Å². The average Bonchev–Trinajstić information content (AvgIpc) is 3.49. The summed E-state index contributed by atoms with van der Waals surface area (Å²) in [6.07, 6.45) is 3.12. The van der Waals surface area contributed by atoms with Crippen molar-refractivity contribution in [3.05, 3.63) is 41.9 Å². The van der Waals surface area contributed by atoms with Crippen LogP contribution in [0.25, 0.3) is 17.2 Å². The molecule has 0 unspecified atom stereocenters. The number of furan rings is 1. The summed E-state index contributed by atoms with van der Waals surface area (Å²) in [6, 6.07) is 5.67. The van der Waals surface area contributed by atoms with Gasteiger partial charge >= 0.3 is 0 Å². The Morgan fingerprint density at radius 2 is 2.13 bits per heavy atom. The van der Waals surface area contributed by atoms with Crippen LogP contribution in [0, 0.1) is 6.92 Å². The molecule has 4 aromatic heterocycles. The summed E-state index contributed by atoms with van der Waals surface area (Å²) in [5.41, 5.74) is 1.63. The zero-order valence-corrected chi connectivity index (χ0v) is 17.2. The van der Waals surface area contributed by atoms with Crippen molar-refractivity contribution in [3.63, 3.8) is 0 Å². The number of hydrogen-bond donors (Lipinski definition) is 1. The minimum absolute atomic E-state index is 0.0674. The van der Waals surface area contributed by atoms with E-state index in [1.807, 2.05) is 30.5 Å². The van der Waals surface area contributed by atoms with Crippen LogP contribution in [0.1, 0.15) is 5.69 Å². The van der Waals surface area contributed by atoms with Gasteiger partial charge in [0.05, 0.1) is 12.8 Å². The minimum Gasteiger partial charge on any atom is -0.463 e. The Balaban J connectivity index is 1.17. The number of rotatable bonds is 5. The van der Waals surface area contributed by atoms with Crippen LogP contribution in [0.4, 0.5) is 10.9 Å². The molecule has 1 amide bonds. The van der Waals surface area contributed by atoms with E-state index in [0.717, 1.165) is 43.4 Å². The fourth-order valence-electron chi connectivity index (χ4n) is 3.50. The highest BCUT2D eigenvalue weighted by atomic mass is 32.1. The Kier molecular flexibility index (Phi) is 4.89. The zero-order chi connectivity index (χ0) is 20.5. The molecule has 0 aromatic carbocycles. The number of hydrogen-bond acceptors (Lipinski definition) is 9. The molecule has 0 spiro atoms. The number of fused-ring (bicyclic) bond motifs is 1. The third-order valence-corrected chi connectivity index (χ3v) is 5.71. The standard InChI is InChI=1S/C19H20N8O2S/c1-13-9-17(27-18(22-13)20-12-21-27)26-6-4-25(5-7-26)10-16(28)24-19-23-14(11-30-19)15-3-2-8-29-15/h2-3,8-9,11-12H,4-7,10H2,1H3,(H,23,24,28). The predicted octanol–water partition coefficient (Wildman–Crippen LogP) is 1.91. The van der Waals surface area contributed by atoms with E-state index in [-0.39, 0.29) is 5.91 Å². The molecule has 5 rings (SSSR count). The summed E-state index contributed by atoms with van der Waals surface area (Å²) in [6.45, 7) is 5.43. The molecule has 0 radical (unpaired) electrons. The van der Waals surface area contributed by atoms with Crippen LogP contribution in [0.3, 0.4) is 0 Å². The fraction of sp³-hybridized carbons (Fsp3) is 0.316. The van der Waals surface area contributed by atoms with E-state index < -0.39 is 0 Å². The second-order valence-corrected chi connectivity index (χ2v) is 7.91. The quantitative estimate of drug-likeness (QED) is 0.518. The van der Waals surface area contributed by atoms with Gasteiger partial charge in [-0.3, -0.25) is 9.69 Å². The first-order valence-corrected chi connectivity index (χ1v) is 10.5. The van der Waals surface area contributed by atoms with Gasteiger partial charge in [0.15, 0.2) is 10.9 Å². The number of thiazole rings is 1. The van der Waals surface area contributed by atoms with Gasteiger partial charge in [-0.1, -0.05) is 0 Å². The second-order valence-electron chi connectivity index (χ2n) is 7.05. The first-order valence-electron chi connectivity index (χ1n) is 9.60. The van der Waals surface area contributed by atoms with Gasteiger partial charge < -0.3 is 14.6 Å². The van der Waals surface area contributed by atoms with E-state index >= 15 is 0 Å². The number of carbonyl (C=O) groups excluding carboxylic acids is 1. The Bertz CT molecular complexity index is 1160. The van der Waals surface area contributed by atoms with Gasteiger partial charge in [0.25, 0.3) is 5.78 Å². The lowest BCUT2D eigenvalue weighted by Gasteiger charge is -2.35. The summed E-state index contributed by atoms with van der Waals surface area (Å²) in [5.74, 6) is 2.20. The number of nitrogens with one attached hydrogen (secondary N) is 1. The zero-order valence-electron chi connectivity index (χ0n) is 16.4. The van der Waals surface area contributed by atoms with Crippen molar-refractivity contribution >= 4 is 34.0 Å². The van der Waals surface area contributed by atoms with E-state index in [1.54, 1.807) is 10.8 Å². The summed E-state index contributed by atoms with van der Waals surface area (Å²) in [5, 5.41) is 9.61. The third-order valence-electron chi connectivity index (χ3n) is 4.95. The lowest BCUT2D eigenvalue weighted by Crippen LogP contribution is -2.49. The normalized spacial score (nSPS) is 15.0. The molecule has 0 aliphatic carbocycles. The maximum absolute atomic E-state index is 12.5. The first-order chi connectivity index (χ1) is 14.7. The number of amides is 1. The molecule has 1 saturated heterocycles. The number of piperazine rings is 1. The minimum atomic E-state index is -0.0674. The molecule has 10 nitrogen and oxygen atoms in total. The third kappa shape index (κ3) is 3.76. The topological polar surface area (TPSA) is 105 Å². The monoisotopic (exact) mass is 424 g/mol. The van der Waals surface area contributed by atoms with Gasteiger partial charge in [0.2, 0.25) is 5.91 Å². The summed E-state index contributed by atoms with van der Waals surface area (Å²) < 4.78 is 7.10. The van der Waals surface area contributed by atoms with Crippen molar-refractivity contribution in [2.45, 2.75) is 6.92 Å². The van der Waals surface area contributed by atoms with Crippen LogP contribution in [0.2, 0.25) is 0 Å². The maximum Gasteiger partial charge on any atom is 0.254 e. The molecule has 30 heavy (non-hydrogen) atoms. The van der Waals surface area contributed by atoms with Gasteiger partial charge in [-0.15, -0.1) is 11.3 Å². The van der Waals surface area contributed by atoms with Crippen LogP contribution in [-0.2, 0) is 4.79 Å². The molecule has 4 aromatic rings. The molecule has 1 fully saturated rings. The largest absolute Gasteiger partial charge is 0.463 e. The van der Waals surface area contributed by atoms with Crippen molar-refractivity contribution in [2.24, 2.45) is 0 Å². The molecular formula is C19H20N8O2S. The molecular weight excluding hydrogens is 404 g/mol. The van der Waals surface area contributed by atoms with Crippen molar-refractivity contribution in [1.82, 2.24) is 29.5 Å². The number of aryl methyl sites for hydroxylation is 1. The molecule has 1 aliphatic heterocycles. The van der Waals surface area contributed by atoms with Gasteiger partial charge in [-0.05, 0) is 19.1 Å². The van der Waals surface area contributed by atoms with Crippen molar-refractivity contribution < 1.29 is 9.21 Å². The van der Waals surface area contributed by atoms with Crippen LogP contribution < -0.4 is 10.2 Å². The molecule has 1 N–H and O–H groups in total.